The average molecular weight is 218 g/mol. The molecular weight excluding hydrogens is 200 g/mol. The van der Waals surface area contributed by atoms with E-state index in [0.29, 0.717) is 6.61 Å². The van der Waals surface area contributed by atoms with E-state index in [0.717, 1.165) is 12.0 Å². The van der Waals surface area contributed by atoms with Crippen LogP contribution in [0.4, 0.5) is 0 Å². The van der Waals surface area contributed by atoms with E-state index in [4.69, 9.17) is 4.74 Å². The molecule has 1 aliphatic heterocycles. The fourth-order valence-electron chi connectivity index (χ4n) is 2.13. The van der Waals surface area contributed by atoms with E-state index in [1.807, 2.05) is 32.0 Å². The SMILES string of the molecule is Cc1ccc(C(=O)C2COC(C)C2)cc1C. The minimum absolute atomic E-state index is 0.0529. The van der Waals surface area contributed by atoms with Gasteiger partial charge in [-0.25, -0.2) is 0 Å². The number of hydrogen-bond donors (Lipinski definition) is 0. The third kappa shape index (κ3) is 2.17. The van der Waals surface area contributed by atoms with Gasteiger partial charge in [0.25, 0.3) is 0 Å². The van der Waals surface area contributed by atoms with Crippen LogP contribution in [0.3, 0.4) is 0 Å². The van der Waals surface area contributed by atoms with Crippen LogP contribution in [0.2, 0.25) is 0 Å². The molecule has 1 fully saturated rings. The Balaban J connectivity index is 2.18. The van der Waals surface area contributed by atoms with Crippen molar-refractivity contribution < 1.29 is 9.53 Å². The predicted molar refractivity (Wildman–Crippen MR) is 63.8 cm³/mol. The summed E-state index contributed by atoms with van der Waals surface area (Å²) in [5.74, 6) is 0.282. The average Bonchev–Trinajstić information content (AvgIpc) is 2.68. The van der Waals surface area contributed by atoms with Gasteiger partial charge in [0.1, 0.15) is 0 Å². The highest BCUT2D eigenvalue weighted by atomic mass is 16.5. The maximum Gasteiger partial charge on any atom is 0.168 e. The monoisotopic (exact) mass is 218 g/mol. The lowest BCUT2D eigenvalue weighted by atomic mass is 9.93. The number of Topliss-reactive ketones (excluding diaryl/α,β-unsaturated/α-hetero) is 1. The van der Waals surface area contributed by atoms with Gasteiger partial charge in [-0.05, 0) is 44.4 Å². The van der Waals surface area contributed by atoms with Crippen LogP contribution in [0, 0.1) is 19.8 Å². The van der Waals surface area contributed by atoms with Crippen molar-refractivity contribution in [3.8, 4) is 0 Å². The quantitative estimate of drug-likeness (QED) is 0.713. The van der Waals surface area contributed by atoms with Gasteiger partial charge in [0.05, 0.1) is 12.7 Å². The first-order chi connectivity index (χ1) is 7.58. The Morgan fingerprint density at radius 2 is 2.06 bits per heavy atom. The molecule has 2 unspecified atom stereocenters. The fraction of sp³-hybridized carbons (Fsp3) is 0.500. The Labute approximate surface area is 96.6 Å². The van der Waals surface area contributed by atoms with Crippen molar-refractivity contribution in [2.75, 3.05) is 6.61 Å². The summed E-state index contributed by atoms with van der Waals surface area (Å²) >= 11 is 0. The van der Waals surface area contributed by atoms with E-state index in [9.17, 15) is 4.79 Å². The Hall–Kier alpha value is -1.15. The summed E-state index contributed by atoms with van der Waals surface area (Å²) < 4.78 is 5.44. The van der Waals surface area contributed by atoms with Crippen LogP contribution in [0.1, 0.15) is 34.8 Å². The lowest BCUT2D eigenvalue weighted by molar-refractivity contribution is 0.0877. The van der Waals surface area contributed by atoms with Gasteiger partial charge in [-0.2, -0.15) is 0 Å². The molecule has 1 aliphatic rings. The molecule has 86 valence electrons. The first-order valence-electron chi connectivity index (χ1n) is 5.81. The van der Waals surface area contributed by atoms with Gasteiger partial charge < -0.3 is 4.74 Å². The second kappa shape index (κ2) is 4.38. The molecule has 1 aromatic rings. The lowest BCUT2D eigenvalue weighted by Gasteiger charge is -2.08. The normalized spacial score (nSPS) is 24.7. The minimum atomic E-state index is 0.0529. The number of carbonyl (C=O) groups is 1. The van der Waals surface area contributed by atoms with Crippen molar-refractivity contribution in [3.63, 3.8) is 0 Å². The standard InChI is InChI=1S/C14H18O2/c1-9-4-5-12(6-10(9)2)14(15)13-7-11(3)16-8-13/h4-6,11,13H,7-8H2,1-3H3. The first-order valence-corrected chi connectivity index (χ1v) is 5.81. The summed E-state index contributed by atoms with van der Waals surface area (Å²) in [5.41, 5.74) is 3.23. The van der Waals surface area contributed by atoms with Crippen molar-refractivity contribution in [2.24, 2.45) is 5.92 Å². The van der Waals surface area contributed by atoms with Crippen LogP contribution >= 0.6 is 0 Å². The first kappa shape index (κ1) is 11.3. The molecule has 0 amide bonds. The van der Waals surface area contributed by atoms with Crippen molar-refractivity contribution in [2.45, 2.75) is 33.3 Å². The van der Waals surface area contributed by atoms with Crippen molar-refractivity contribution in [1.29, 1.82) is 0 Å². The van der Waals surface area contributed by atoms with Gasteiger partial charge in [0, 0.05) is 11.5 Å². The maximum absolute atomic E-state index is 12.2. The molecule has 1 heterocycles. The Kier molecular flexibility index (Phi) is 3.10. The zero-order valence-electron chi connectivity index (χ0n) is 10.1. The maximum atomic E-state index is 12.2. The highest BCUT2D eigenvalue weighted by Gasteiger charge is 2.28. The van der Waals surface area contributed by atoms with Crippen molar-refractivity contribution in [1.82, 2.24) is 0 Å². The molecule has 0 saturated carbocycles. The van der Waals surface area contributed by atoms with E-state index in [1.54, 1.807) is 0 Å². The molecule has 1 saturated heterocycles. The van der Waals surface area contributed by atoms with E-state index in [1.165, 1.54) is 11.1 Å². The number of aryl methyl sites for hydroxylation is 2. The van der Waals surface area contributed by atoms with E-state index < -0.39 is 0 Å². The topological polar surface area (TPSA) is 26.3 Å². The zero-order valence-corrected chi connectivity index (χ0v) is 10.1. The molecule has 2 rings (SSSR count). The fourth-order valence-corrected chi connectivity index (χ4v) is 2.13. The molecule has 0 N–H and O–H groups in total. The summed E-state index contributed by atoms with van der Waals surface area (Å²) in [5, 5.41) is 0. The third-order valence-corrected chi connectivity index (χ3v) is 3.36. The van der Waals surface area contributed by atoms with Gasteiger partial charge in [0.2, 0.25) is 0 Å². The molecule has 0 radical (unpaired) electrons. The largest absolute Gasteiger partial charge is 0.378 e. The van der Waals surface area contributed by atoms with Crippen LogP contribution in [0.15, 0.2) is 18.2 Å². The number of rotatable bonds is 2. The minimum Gasteiger partial charge on any atom is -0.378 e. The predicted octanol–water partition coefficient (Wildman–Crippen LogP) is 2.91. The van der Waals surface area contributed by atoms with Gasteiger partial charge >= 0.3 is 0 Å². The number of benzene rings is 1. The summed E-state index contributed by atoms with van der Waals surface area (Å²) in [6, 6.07) is 5.93. The molecule has 0 bridgehead atoms. The molecule has 0 aliphatic carbocycles. The van der Waals surface area contributed by atoms with Gasteiger partial charge in [0.15, 0.2) is 5.78 Å². The molecular formula is C14H18O2. The zero-order chi connectivity index (χ0) is 11.7. The summed E-state index contributed by atoms with van der Waals surface area (Å²) in [4.78, 5) is 12.2. The second-order valence-electron chi connectivity index (χ2n) is 4.74. The van der Waals surface area contributed by atoms with Crippen LogP contribution in [-0.2, 0) is 4.74 Å². The van der Waals surface area contributed by atoms with Crippen LogP contribution in [0.5, 0.6) is 0 Å². The van der Waals surface area contributed by atoms with Crippen molar-refractivity contribution >= 4 is 5.78 Å². The van der Waals surface area contributed by atoms with E-state index in [-0.39, 0.29) is 17.8 Å². The van der Waals surface area contributed by atoms with Crippen LogP contribution in [0.25, 0.3) is 0 Å². The molecule has 2 atom stereocenters. The van der Waals surface area contributed by atoms with Crippen LogP contribution in [-0.4, -0.2) is 18.5 Å². The second-order valence-corrected chi connectivity index (χ2v) is 4.74. The molecule has 0 aromatic heterocycles. The third-order valence-electron chi connectivity index (χ3n) is 3.36. The summed E-state index contributed by atoms with van der Waals surface area (Å²) in [6.45, 7) is 6.70. The number of ketones is 1. The number of ether oxygens (including phenoxy) is 1. The summed E-state index contributed by atoms with van der Waals surface area (Å²) in [7, 11) is 0. The molecule has 0 spiro atoms. The smallest absolute Gasteiger partial charge is 0.168 e. The highest BCUT2D eigenvalue weighted by Crippen LogP contribution is 2.23. The molecule has 2 heteroatoms. The van der Waals surface area contributed by atoms with E-state index in [2.05, 4.69) is 6.92 Å². The number of hydrogen-bond acceptors (Lipinski definition) is 2. The molecule has 16 heavy (non-hydrogen) atoms. The van der Waals surface area contributed by atoms with E-state index >= 15 is 0 Å². The lowest BCUT2D eigenvalue weighted by Crippen LogP contribution is -2.15. The Morgan fingerprint density at radius 1 is 1.31 bits per heavy atom. The van der Waals surface area contributed by atoms with Gasteiger partial charge in [-0.3, -0.25) is 4.79 Å². The molecule has 1 aromatic carbocycles. The van der Waals surface area contributed by atoms with Gasteiger partial charge in [-0.1, -0.05) is 12.1 Å². The Bertz CT molecular complexity index is 409. The Morgan fingerprint density at radius 3 is 2.62 bits per heavy atom. The van der Waals surface area contributed by atoms with Gasteiger partial charge in [-0.15, -0.1) is 0 Å². The van der Waals surface area contributed by atoms with Crippen molar-refractivity contribution in [3.05, 3.63) is 34.9 Å². The highest BCUT2D eigenvalue weighted by molar-refractivity contribution is 5.98. The van der Waals surface area contributed by atoms with Crippen LogP contribution < -0.4 is 0 Å². The summed E-state index contributed by atoms with van der Waals surface area (Å²) in [6.07, 6.45) is 1.08. The molecule has 2 nitrogen and oxygen atoms in total. The number of carbonyl (C=O) groups excluding carboxylic acids is 1.